The van der Waals surface area contributed by atoms with Crippen LogP contribution in [-0.2, 0) is 16.6 Å². The molecule has 0 aromatic heterocycles. The van der Waals surface area contributed by atoms with Crippen LogP contribution in [0.15, 0.2) is 53.4 Å². The molecule has 0 atom stereocenters. The van der Waals surface area contributed by atoms with Crippen LogP contribution in [0.5, 0.6) is 5.75 Å². The van der Waals surface area contributed by atoms with Gasteiger partial charge < -0.3 is 9.64 Å². The highest BCUT2D eigenvalue weighted by Gasteiger charge is 2.29. The van der Waals surface area contributed by atoms with E-state index in [0.29, 0.717) is 25.4 Å². The number of hydrogen-bond acceptors (Lipinski definition) is 4. The summed E-state index contributed by atoms with van der Waals surface area (Å²) in [7, 11) is -0.436. The van der Waals surface area contributed by atoms with Crippen LogP contribution in [0.3, 0.4) is 0 Å². The Morgan fingerprint density at radius 2 is 1.78 bits per heavy atom. The lowest BCUT2D eigenvalue weighted by molar-refractivity contribution is 0.0781. The van der Waals surface area contributed by atoms with Gasteiger partial charge in [-0.1, -0.05) is 30.3 Å². The maximum Gasteiger partial charge on any atom is 0.257 e. The van der Waals surface area contributed by atoms with E-state index in [1.165, 1.54) is 23.5 Å². The van der Waals surface area contributed by atoms with Gasteiger partial charge in [0.1, 0.15) is 5.75 Å². The fourth-order valence-corrected chi connectivity index (χ4v) is 4.77. The van der Waals surface area contributed by atoms with Crippen molar-refractivity contribution in [3.05, 3.63) is 59.7 Å². The number of carbonyl (C=O) groups excluding carboxylic acids is 1. The first-order valence-corrected chi connectivity index (χ1v) is 10.3. The van der Waals surface area contributed by atoms with Crippen LogP contribution >= 0.6 is 0 Å². The zero-order chi connectivity index (χ0) is 19.4. The molecular weight excluding hydrogens is 364 g/mol. The standard InChI is InChI=1S/C20H24N2O4S/c1-21(15-16-8-4-3-5-9-16)20(23)18-14-17(10-11-19(18)26-2)27(24,25)22-12-6-7-13-22/h3-5,8-11,14H,6-7,12-13,15H2,1-2H3. The van der Waals surface area contributed by atoms with Crippen molar-refractivity contribution in [1.82, 2.24) is 9.21 Å². The van der Waals surface area contributed by atoms with Crippen molar-refractivity contribution in [2.75, 3.05) is 27.2 Å². The number of sulfonamides is 1. The van der Waals surface area contributed by atoms with Crippen molar-refractivity contribution in [2.24, 2.45) is 0 Å². The van der Waals surface area contributed by atoms with E-state index < -0.39 is 10.0 Å². The van der Waals surface area contributed by atoms with Gasteiger partial charge in [0.2, 0.25) is 10.0 Å². The van der Waals surface area contributed by atoms with Gasteiger partial charge in [-0.3, -0.25) is 4.79 Å². The van der Waals surface area contributed by atoms with Gasteiger partial charge in [0.25, 0.3) is 5.91 Å². The summed E-state index contributed by atoms with van der Waals surface area (Å²) < 4.78 is 32.4. The number of ether oxygens (including phenoxy) is 1. The molecule has 27 heavy (non-hydrogen) atoms. The van der Waals surface area contributed by atoms with Crippen LogP contribution in [0.4, 0.5) is 0 Å². The molecule has 1 aliphatic heterocycles. The summed E-state index contributed by atoms with van der Waals surface area (Å²) in [5, 5.41) is 0. The minimum Gasteiger partial charge on any atom is -0.496 e. The van der Waals surface area contributed by atoms with E-state index in [1.54, 1.807) is 18.0 Å². The monoisotopic (exact) mass is 388 g/mol. The maximum absolute atomic E-state index is 13.0. The average molecular weight is 388 g/mol. The van der Waals surface area contributed by atoms with Crippen molar-refractivity contribution >= 4 is 15.9 Å². The molecule has 0 aliphatic carbocycles. The van der Waals surface area contributed by atoms with Crippen LogP contribution in [0.25, 0.3) is 0 Å². The van der Waals surface area contributed by atoms with Crippen LogP contribution in [0, 0.1) is 0 Å². The summed E-state index contributed by atoms with van der Waals surface area (Å²) in [6, 6.07) is 14.1. The smallest absolute Gasteiger partial charge is 0.257 e. The fraction of sp³-hybridized carbons (Fsp3) is 0.350. The lowest BCUT2D eigenvalue weighted by Crippen LogP contribution is -2.29. The molecule has 0 saturated carbocycles. The molecule has 3 rings (SSSR count). The largest absolute Gasteiger partial charge is 0.496 e. The Labute approximate surface area is 160 Å². The lowest BCUT2D eigenvalue weighted by Gasteiger charge is -2.20. The minimum absolute atomic E-state index is 0.127. The Bertz CT molecular complexity index is 907. The highest BCUT2D eigenvalue weighted by Crippen LogP contribution is 2.27. The van der Waals surface area contributed by atoms with Gasteiger partial charge in [0.05, 0.1) is 17.6 Å². The summed E-state index contributed by atoms with van der Waals surface area (Å²) in [4.78, 5) is 14.6. The van der Waals surface area contributed by atoms with Crippen molar-refractivity contribution in [1.29, 1.82) is 0 Å². The third kappa shape index (κ3) is 4.14. The van der Waals surface area contributed by atoms with E-state index in [1.807, 2.05) is 30.3 Å². The second-order valence-electron chi connectivity index (χ2n) is 6.62. The highest BCUT2D eigenvalue weighted by atomic mass is 32.2. The maximum atomic E-state index is 13.0. The van der Waals surface area contributed by atoms with E-state index in [-0.39, 0.29) is 16.4 Å². The van der Waals surface area contributed by atoms with Crippen LogP contribution in [0.2, 0.25) is 0 Å². The first kappa shape index (κ1) is 19.4. The molecule has 2 aromatic rings. The van der Waals surface area contributed by atoms with Crippen molar-refractivity contribution in [3.8, 4) is 5.75 Å². The van der Waals surface area contributed by atoms with Crippen molar-refractivity contribution in [3.63, 3.8) is 0 Å². The first-order valence-electron chi connectivity index (χ1n) is 8.91. The summed E-state index contributed by atoms with van der Waals surface area (Å²) in [6.07, 6.45) is 1.72. The molecule has 1 fully saturated rings. The molecule has 1 saturated heterocycles. The minimum atomic E-state index is -3.60. The zero-order valence-electron chi connectivity index (χ0n) is 15.6. The van der Waals surface area contributed by atoms with Gasteiger partial charge in [-0.05, 0) is 36.6 Å². The molecule has 144 valence electrons. The number of methoxy groups -OCH3 is 1. The van der Waals surface area contributed by atoms with Crippen LogP contribution in [0.1, 0.15) is 28.8 Å². The van der Waals surface area contributed by atoms with Crippen LogP contribution in [-0.4, -0.2) is 50.8 Å². The Hall–Kier alpha value is -2.38. The molecule has 0 N–H and O–H groups in total. The Kier molecular flexibility index (Phi) is 5.82. The van der Waals surface area contributed by atoms with E-state index in [0.717, 1.165) is 18.4 Å². The number of nitrogens with zero attached hydrogens (tertiary/aromatic N) is 2. The summed E-state index contributed by atoms with van der Waals surface area (Å²) >= 11 is 0. The third-order valence-corrected chi connectivity index (χ3v) is 6.61. The fourth-order valence-electron chi connectivity index (χ4n) is 3.23. The van der Waals surface area contributed by atoms with Crippen molar-refractivity contribution in [2.45, 2.75) is 24.3 Å². The Morgan fingerprint density at radius 1 is 1.11 bits per heavy atom. The molecule has 0 spiro atoms. The topological polar surface area (TPSA) is 66.9 Å². The molecular formula is C20H24N2O4S. The second kappa shape index (κ2) is 8.10. The van der Waals surface area contributed by atoms with Crippen molar-refractivity contribution < 1.29 is 17.9 Å². The molecule has 1 heterocycles. The third-order valence-electron chi connectivity index (χ3n) is 4.71. The lowest BCUT2D eigenvalue weighted by atomic mass is 10.1. The summed E-state index contributed by atoms with van der Waals surface area (Å²) in [5.41, 5.74) is 1.24. The normalized spacial score (nSPS) is 14.9. The number of hydrogen-bond donors (Lipinski definition) is 0. The van der Waals surface area contributed by atoms with Gasteiger partial charge >= 0.3 is 0 Å². The molecule has 2 aromatic carbocycles. The SMILES string of the molecule is COc1ccc(S(=O)(=O)N2CCCC2)cc1C(=O)N(C)Cc1ccccc1. The molecule has 1 amide bonds. The van der Waals surface area contributed by atoms with E-state index in [2.05, 4.69) is 0 Å². The van der Waals surface area contributed by atoms with Gasteiger partial charge in [-0.2, -0.15) is 4.31 Å². The van der Waals surface area contributed by atoms with Gasteiger partial charge in [-0.15, -0.1) is 0 Å². The Morgan fingerprint density at radius 3 is 2.41 bits per heavy atom. The predicted molar refractivity (Wildman–Crippen MR) is 103 cm³/mol. The predicted octanol–water partition coefficient (Wildman–Crippen LogP) is 2.75. The number of carbonyl (C=O) groups is 1. The summed E-state index contributed by atoms with van der Waals surface area (Å²) in [6.45, 7) is 1.46. The van der Waals surface area contributed by atoms with Crippen LogP contribution < -0.4 is 4.74 Å². The summed E-state index contributed by atoms with van der Waals surface area (Å²) in [5.74, 6) is 0.0782. The molecule has 1 aliphatic rings. The van der Waals surface area contributed by atoms with E-state index in [4.69, 9.17) is 4.74 Å². The number of amides is 1. The molecule has 0 bridgehead atoms. The van der Waals surface area contributed by atoms with Gasteiger partial charge in [0.15, 0.2) is 0 Å². The average Bonchev–Trinajstić information content (AvgIpc) is 3.23. The molecule has 0 radical (unpaired) electrons. The highest BCUT2D eigenvalue weighted by molar-refractivity contribution is 7.89. The van der Waals surface area contributed by atoms with E-state index >= 15 is 0 Å². The quantitative estimate of drug-likeness (QED) is 0.763. The van der Waals surface area contributed by atoms with E-state index in [9.17, 15) is 13.2 Å². The zero-order valence-corrected chi connectivity index (χ0v) is 16.4. The molecule has 6 nitrogen and oxygen atoms in total. The number of rotatable bonds is 6. The Balaban J connectivity index is 1.90. The molecule has 0 unspecified atom stereocenters. The molecule has 7 heteroatoms. The van der Waals surface area contributed by atoms with Gasteiger partial charge in [0, 0.05) is 26.7 Å². The second-order valence-corrected chi connectivity index (χ2v) is 8.56. The number of benzene rings is 2. The van der Waals surface area contributed by atoms with Gasteiger partial charge in [-0.25, -0.2) is 8.42 Å². The first-order chi connectivity index (χ1) is 12.9.